The summed E-state index contributed by atoms with van der Waals surface area (Å²) in [5.41, 5.74) is 0.501. The quantitative estimate of drug-likeness (QED) is 0.140. The minimum atomic E-state index is -0.338. The molecule has 0 aliphatic carbocycles. The standard InChI is InChI=1S/C31H28N8O6S2/c1-18-14-24(36-44-18)34-26(40)16-46-30-32-22-10-5-3-8-20(22)28(42)38(30)12-7-13-39-29(43)21-9-4-6-11-23(21)33-31(39)47-17-27(41)35-25-15-19(2)45-37-25/h3-6,8-11,14-15H,7,12-13,16-17H2,1-2H3,(H,34,36,40)(H,35,37,41). The van der Waals surface area contributed by atoms with E-state index < -0.39 is 0 Å². The molecule has 0 saturated heterocycles. The van der Waals surface area contributed by atoms with Crippen LogP contribution in [0.2, 0.25) is 0 Å². The Labute approximate surface area is 274 Å². The number of fused-ring (bicyclic) bond motifs is 2. The molecule has 4 heterocycles. The van der Waals surface area contributed by atoms with Crippen LogP contribution in [0, 0.1) is 13.8 Å². The van der Waals surface area contributed by atoms with Crippen LogP contribution in [0.4, 0.5) is 11.6 Å². The zero-order chi connectivity index (χ0) is 32.9. The maximum atomic E-state index is 13.6. The number of rotatable bonds is 12. The van der Waals surface area contributed by atoms with Crippen LogP contribution < -0.4 is 21.8 Å². The first-order chi connectivity index (χ1) is 22.7. The average molecular weight is 673 g/mol. The average Bonchev–Trinajstić information content (AvgIpc) is 3.67. The molecule has 0 unspecified atom stereocenters. The fourth-order valence-corrected chi connectivity index (χ4v) is 6.42. The number of anilines is 2. The Bertz CT molecular complexity index is 2070. The van der Waals surface area contributed by atoms with E-state index in [1.807, 2.05) is 0 Å². The highest BCUT2D eigenvalue weighted by Gasteiger charge is 2.17. The minimum absolute atomic E-state index is 0.0263. The van der Waals surface area contributed by atoms with Crippen molar-refractivity contribution in [2.45, 2.75) is 43.7 Å². The fraction of sp³-hybridized carbons (Fsp3) is 0.226. The van der Waals surface area contributed by atoms with Crippen LogP contribution in [-0.4, -0.2) is 52.7 Å². The number of aromatic nitrogens is 6. The van der Waals surface area contributed by atoms with Gasteiger partial charge in [0.15, 0.2) is 21.9 Å². The summed E-state index contributed by atoms with van der Waals surface area (Å²) in [5, 5.41) is 14.5. The molecule has 0 radical (unpaired) electrons. The van der Waals surface area contributed by atoms with Crippen molar-refractivity contribution in [3.63, 3.8) is 0 Å². The Balaban J connectivity index is 1.22. The molecule has 2 amide bonds. The van der Waals surface area contributed by atoms with E-state index in [4.69, 9.17) is 9.05 Å². The lowest BCUT2D eigenvalue weighted by molar-refractivity contribution is -0.114. The Morgan fingerprint density at radius 3 is 1.53 bits per heavy atom. The van der Waals surface area contributed by atoms with Crippen LogP contribution >= 0.6 is 23.5 Å². The van der Waals surface area contributed by atoms with Gasteiger partial charge < -0.3 is 19.7 Å². The molecule has 0 bridgehead atoms. The predicted octanol–water partition coefficient (Wildman–Crippen LogP) is 4.25. The van der Waals surface area contributed by atoms with E-state index in [9.17, 15) is 19.2 Å². The van der Waals surface area contributed by atoms with Gasteiger partial charge in [-0.3, -0.25) is 28.3 Å². The summed E-state index contributed by atoms with van der Waals surface area (Å²) in [6.45, 7) is 3.85. The third-order valence-corrected chi connectivity index (χ3v) is 8.83. The lowest BCUT2D eigenvalue weighted by atomic mass is 10.2. The number of amides is 2. The van der Waals surface area contributed by atoms with Gasteiger partial charge in [-0.25, -0.2) is 9.97 Å². The van der Waals surface area contributed by atoms with Gasteiger partial charge in [-0.05, 0) is 44.5 Å². The molecule has 2 aromatic carbocycles. The van der Waals surface area contributed by atoms with Gasteiger partial charge in [0.05, 0.1) is 33.3 Å². The predicted molar refractivity (Wildman–Crippen MR) is 178 cm³/mol. The number of hydrogen-bond donors (Lipinski definition) is 2. The number of carbonyl (C=O) groups is 2. The Kier molecular flexibility index (Phi) is 9.49. The molecule has 16 heteroatoms. The highest BCUT2D eigenvalue weighted by molar-refractivity contribution is 8.00. The molecule has 0 aliphatic heterocycles. The summed E-state index contributed by atoms with van der Waals surface area (Å²) in [5.74, 6) is 0.987. The monoisotopic (exact) mass is 672 g/mol. The van der Waals surface area contributed by atoms with Crippen molar-refractivity contribution in [2.24, 2.45) is 0 Å². The van der Waals surface area contributed by atoms with Gasteiger partial charge in [-0.1, -0.05) is 58.1 Å². The number of aryl methyl sites for hydroxylation is 2. The van der Waals surface area contributed by atoms with Crippen molar-refractivity contribution in [3.8, 4) is 0 Å². The first-order valence-corrected chi connectivity index (χ1v) is 16.4. The SMILES string of the molecule is Cc1cc(NC(=O)CSc2nc3ccccc3c(=O)n2CCCn2c(SCC(=O)Nc3cc(C)on3)nc3ccccc3c2=O)no1. The van der Waals surface area contributed by atoms with Crippen LogP contribution in [0.25, 0.3) is 21.8 Å². The summed E-state index contributed by atoms with van der Waals surface area (Å²) >= 11 is 2.24. The second-order valence-corrected chi connectivity index (χ2v) is 12.3. The van der Waals surface area contributed by atoms with E-state index in [1.165, 1.54) is 9.13 Å². The van der Waals surface area contributed by atoms with Crippen LogP contribution in [0.1, 0.15) is 17.9 Å². The molecular weight excluding hydrogens is 645 g/mol. The Morgan fingerprint density at radius 2 is 1.13 bits per heavy atom. The zero-order valence-electron chi connectivity index (χ0n) is 25.3. The summed E-state index contributed by atoms with van der Waals surface area (Å²) in [6, 6.07) is 17.2. The Morgan fingerprint density at radius 1 is 0.702 bits per heavy atom. The number of nitrogens with one attached hydrogen (secondary N) is 2. The first kappa shape index (κ1) is 31.7. The van der Waals surface area contributed by atoms with E-state index in [0.29, 0.717) is 61.7 Å². The number of carbonyl (C=O) groups excluding carboxylic acids is 2. The lowest BCUT2D eigenvalue weighted by Crippen LogP contribution is -2.27. The second kappa shape index (κ2) is 14.0. The van der Waals surface area contributed by atoms with Crippen LogP contribution in [-0.2, 0) is 22.7 Å². The summed E-state index contributed by atoms with van der Waals surface area (Å²) < 4.78 is 13.0. The van der Waals surface area contributed by atoms with Crippen LogP contribution in [0.15, 0.2) is 89.6 Å². The van der Waals surface area contributed by atoms with Gasteiger partial charge in [-0.2, -0.15) is 0 Å². The van der Waals surface area contributed by atoms with E-state index in [1.54, 1.807) is 74.5 Å². The molecule has 0 fully saturated rings. The molecule has 0 atom stereocenters. The van der Waals surface area contributed by atoms with Gasteiger partial charge >= 0.3 is 0 Å². The number of nitrogens with zero attached hydrogens (tertiary/aromatic N) is 6. The number of thioether (sulfide) groups is 2. The largest absolute Gasteiger partial charge is 0.360 e. The molecular formula is C31H28N8O6S2. The minimum Gasteiger partial charge on any atom is -0.360 e. The number of para-hydroxylation sites is 2. The van der Waals surface area contributed by atoms with E-state index in [0.717, 1.165) is 23.5 Å². The number of benzene rings is 2. The first-order valence-electron chi connectivity index (χ1n) is 14.5. The van der Waals surface area contributed by atoms with E-state index in [-0.39, 0.29) is 47.5 Å². The van der Waals surface area contributed by atoms with Crippen molar-refractivity contribution in [1.29, 1.82) is 0 Å². The van der Waals surface area contributed by atoms with Crippen molar-refractivity contribution in [2.75, 3.05) is 22.1 Å². The van der Waals surface area contributed by atoms with Crippen molar-refractivity contribution < 1.29 is 18.6 Å². The maximum absolute atomic E-state index is 13.6. The van der Waals surface area contributed by atoms with Crippen LogP contribution in [0.3, 0.4) is 0 Å². The topological polar surface area (TPSA) is 180 Å². The highest BCUT2D eigenvalue weighted by atomic mass is 32.2. The smallest absolute Gasteiger partial charge is 0.262 e. The van der Waals surface area contributed by atoms with Crippen molar-refractivity contribution in [1.82, 2.24) is 29.4 Å². The summed E-state index contributed by atoms with van der Waals surface area (Å²) in [4.78, 5) is 61.9. The molecule has 2 N–H and O–H groups in total. The lowest BCUT2D eigenvalue weighted by Gasteiger charge is -2.15. The second-order valence-electron chi connectivity index (χ2n) is 10.4. The molecule has 6 aromatic rings. The highest BCUT2D eigenvalue weighted by Crippen LogP contribution is 2.21. The third-order valence-electron chi connectivity index (χ3n) is 6.87. The van der Waals surface area contributed by atoms with Gasteiger partial charge in [0.2, 0.25) is 11.8 Å². The normalized spacial score (nSPS) is 11.3. The molecule has 47 heavy (non-hydrogen) atoms. The zero-order valence-corrected chi connectivity index (χ0v) is 26.9. The van der Waals surface area contributed by atoms with Crippen molar-refractivity contribution in [3.05, 3.63) is 92.9 Å². The third kappa shape index (κ3) is 7.44. The summed E-state index contributed by atoms with van der Waals surface area (Å²) in [6.07, 6.45) is 0.357. The maximum Gasteiger partial charge on any atom is 0.262 e. The van der Waals surface area contributed by atoms with Gasteiger partial charge in [0.25, 0.3) is 11.1 Å². The molecule has 0 aliphatic rings. The van der Waals surface area contributed by atoms with Crippen molar-refractivity contribution >= 4 is 68.8 Å². The number of hydrogen-bond acceptors (Lipinski definition) is 12. The van der Waals surface area contributed by atoms with Gasteiger partial charge in [0.1, 0.15) is 11.5 Å². The molecule has 0 saturated carbocycles. The molecule has 14 nitrogen and oxygen atoms in total. The van der Waals surface area contributed by atoms with Gasteiger partial charge in [-0.15, -0.1) is 0 Å². The Hall–Kier alpha value is -5.22. The van der Waals surface area contributed by atoms with Crippen LogP contribution in [0.5, 0.6) is 0 Å². The fourth-order valence-electron chi connectivity index (χ4n) is 4.77. The van der Waals surface area contributed by atoms with E-state index in [2.05, 4.69) is 30.9 Å². The van der Waals surface area contributed by atoms with E-state index >= 15 is 0 Å². The summed E-state index contributed by atoms with van der Waals surface area (Å²) in [7, 11) is 0. The molecule has 240 valence electrons. The molecule has 4 aromatic heterocycles. The molecule has 6 rings (SSSR count). The molecule has 0 spiro atoms. The van der Waals surface area contributed by atoms with Gasteiger partial charge in [0, 0.05) is 25.2 Å².